The molecule has 1 atom stereocenters. The summed E-state index contributed by atoms with van der Waals surface area (Å²) in [4.78, 5) is 31.7. The van der Waals surface area contributed by atoms with Gasteiger partial charge in [0.15, 0.2) is 0 Å². The van der Waals surface area contributed by atoms with Crippen molar-refractivity contribution in [2.24, 2.45) is 5.92 Å². The van der Waals surface area contributed by atoms with Crippen molar-refractivity contribution < 1.29 is 14.7 Å². The van der Waals surface area contributed by atoms with Gasteiger partial charge in [-0.1, -0.05) is 36.4 Å². The van der Waals surface area contributed by atoms with Gasteiger partial charge >= 0.3 is 0 Å². The number of carbonyl (C=O) groups excluding carboxylic acids is 2. The number of β-amino-alcohol motifs (C(OH)–C–C–N with tert-alkyl or cyclic N) is 1. The van der Waals surface area contributed by atoms with Gasteiger partial charge in [-0.05, 0) is 78.7 Å². The van der Waals surface area contributed by atoms with Crippen LogP contribution in [0.1, 0.15) is 71.1 Å². The lowest BCUT2D eigenvalue weighted by molar-refractivity contribution is -0.130. The number of nitrogens with zero attached hydrogens (tertiary/aromatic N) is 3. The molecule has 196 valence electrons. The Morgan fingerprint density at radius 2 is 1.78 bits per heavy atom. The molecule has 2 fully saturated rings. The molecule has 6 nitrogen and oxygen atoms in total. The fourth-order valence-electron chi connectivity index (χ4n) is 7.00. The maximum absolute atomic E-state index is 13.8. The van der Waals surface area contributed by atoms with E-state index in [-0.39, 0.29) is 17.9 Å². The number of hydrogen-bond donors (Lipinski definition) is 1. The number of fused-ring (bicyclic) bond motifs is 2. The molecule has 7 rings (SSSR count). The number of benzene rings is 2. The highest BCUT2D eigenvalue weighted by Crippen LogP contribution is 2.45. The van der Waals surface area contributed by atoms with Crippen molar-refractivity contribution in [3.8, 4) is 0 Å². The van der Waals surface area contributed by atoms with Gasteiger partial charge in [0.25, 0.3) is 5.91 Å². The molecular weight excluding hydrogens is 462 g/mol. The highest BCUT2D eigenvalue weighted by atomic mass is 16.3. The molecule has 0 spiro atoms. The molecule has 1 N–H and O–H groups in total. The first kappa shape index (κ1) is 24.6. The van der Waals surface area contributed by atoms with Gasteiger partial charge in [-0.25, -0.2) is 0 Å². The summed E-state index contributed by atoms with van der Waals surface area (Å²) in [6, 6.07) is 15.4. The fraction of sp³-hybridized carbons (Fsp3) is 0.548. The second kappa shape index (κ2) is 10.2. The van der Waals surface area contributed by atoms with Crippen LogP contribution >= 0.6 is 0 Å². The van der Waals surface area contributed by atoms with Crippen molar-refractivity contribution in [3.63, 3.8) is 0 Å². The van der Waals surface area contributed by atoms with Crippen LogP contribution in [0.4, 0.5) is 0 Å². The topological polar surface area (TPSA) is 64.1 Å². The molecule has 1 saturated heterocycles. The van der Waals surface area contributed by atoms with Crippen molar-refractivity contribution in [1.82, 2.24) is 14.7 Å². The standard InChI is InChI=1S/C31H39N3O3/c1-21(35)33-12-8-22(9-13-33)14-23-6-7-29-26-16-27(17-26)34(31(37)30(29)15-23)20-28(36)19-32-11-10-24-4-2-3-5-25(24)18-32/h2-7,15,22,26-28,36H,8-14,16-20H2,1H3/t26?,27?,28-/m0/s1. The highest BCUT2D eigenvalue weighted by molar-refractivity contribution is 5.97. The van der Waals surface area contributed by atoms with Crippen molar-refractivity contribution in [2.75, 3.05) is 32.7 Å². The van der Waals surface area contributed by atoms with Crippen LogP contribution in [0, 0.1) is 5.92 Å². The van der Waals surface area contributed by atoms with Crippen LogP contribution in [-0.4, -0.2) is 76.5 Å². The van der Waals surface area contributed by atoms with Gasteiger partial charge in [0.1, 0.15) is 0 Å². The Labute approximate surface area is 220 Å². The third-order valence-electron chi connectivity index (χ3n) is 9.27. The van der Waals surface area contributed by atoms with Crippen LogP contribution in [0.15, 0.2) is 42.5 Å². The molecule has 2 amide bonds. The van der Waals surface area contributed by atoms with Crippen LogP contribution in [-0.2, 0) is 24.2 Å². The van der Waals surface area contributed by atoms with E-state index in [1.54, 1.807) is 6.92 Å². The molecule has 4 heterocycles. The van der Waals surface area contributed by atoms with Gasteiger partial charge in [-0.15, -0.1) is 0 Å². The third kappa shape index (κ3) is 5.06. The van der Waals surface area contributed by atoms with E-state index in [9.17, 15) is 14.7 Å². The number of piperidine rings is 1. The summed E-state index contributed by atoms with van der Waals surface area (Å²) in [5.74, 6) is 1.27. The molecule has 37 heavy (non-hydrogen) atoms. The Kier molecular flexibility index (Phi) is 6.80. The zero-order chi connectivity index (χ0) is 25.5. The Bertz CT molecular complexity index is 1170. The van der Waals surface area contributed by atoms with Gasteiger partial charge in [0.2, 0.25) is 5.91 Å². The van der Waals surface area contributed by atoms with E-state index >= 15 is 0 Å². The van der Waals surface area contributed by atoms with E-state index in [1.807, 2.05) is 9.80 Å². The number of carbonyl (C=O) groups is 2. The molecule has 0 unspecified atom stereocenters. The smallest absolute Gasteiger partial charge is 0.254 e. The summed E-state index contributed by atoms with van der Waals surface area (Å²) < 4.78 is 0. The number of amides is 2. The second-order valence-corrected chi connectivity index (χ2v) is 11.8. The van der Waals surface area contributed by atoms with E-state index in [2.05, 4.69) is 47.4 Å². The Morgan fingerprint density at radius 1 is 1.03 bits per heavy atom. The number of rotatable bonds is 6. The maximum atomic E-state index is 13.8. The minimum atomic E-state index is -0.551. The molecule has 0 aromatic heterocycles. The summed E-state index contributed by atoms with van der Waals surface area (Å²) in [5, 5.41) is 11.1. The highest BCUT2D eigenvalue weighted by Gasteiger charge is 2.43. The Morgan fingerprint density at radius 3 is 2.54 bits per heavy atom. The molecule has 2 aromatic carbocycles. The molecule has 6 heteroatoms. The molecule has 2 bridgehead atoms. The molecule has 4 aliphatic heterocycles. The van der Waals surface area contributed by atoms with Gasteiger partial charge in [0.05, 0.1) is 6.10 Å². The molecule has 2 aromatic rings. The van der Waals surface area contributed by atoms with E-state index in [0.717, 1.165) is 70.3 Å². The predicted molar refractivity (Wildman–Crippen MR) is 143 cm³/mol. The number of hydrogen-bond acceptors (Lipinski definition) is 4. The number of likely N-dealkylation sites (tertiary alicyclic amines) is 1. The van der Waals surface area contributed by atoms with Crippen LogP contribution in [0.2, 0.25) is 0 Å². The SMILES string of the molecule is CC(=O)N1CCC(Cc2ccc3c(c2)C(=O)N(C[C@@H](O)CN2CCc4ccccc4C2)C2CC3C2)CC1. The lowest BCUT2D eigenvalue weighted by Gasteiger charge is -2.41. The summed E-state index contributed by atoms with van der Waals surface area (Å²) in [7, 11) is 0. The molecule has 1 aliphatic carbocycles. The molecule has 5 aliphatic rings. The summed E-state index contributed by atoms with van der Waals surface area (Å²) in [6.07, 6.45) is 5.48. The van der Waals surface area contributed by atoms with Gasteiger partial charge in [-0.2, -0.15) is 0 Å². The van der Waals surface area contributed by atoms with E-state index in [0.29, 0.717) is 24.9 Å². The fourth-order valence-corrected chi connectivity index (χ4v) is 7.00. The Balaban J connectivity index is 1.11. The van der Waals surface area contributed by atoms with Gasteiger partial charge in [-0.3, -0.25) is 14.5 Å². The van der Waals surface area contributed by atoms with Gasteiger partial charge < -0.3 is 14.9 Å². The van der Waals surface area contributed by atoms with Crippen molar-refractivity contribution in [1.29, 1.82) is 0 Å². The first-order chi connectivity index (χ1) is 17.9. The summed E-state index contributed by atoms with van der Waals surface area (Å²) >= 11 is 0. The summed E-state index contributed by atoms with van der Waals surface area (Å²) in [6.45, 7) is 6.14. The zero-order valence-corrected chi connectivity index (χ0v) is 21.9. The zero-order valence-electron chi connectivity index (χ0n) is 21.9. The minimum Gasteiger partial charge on any atom is -0.390 e. The van der Waals surface area contributed by atoms with Crippen LogP contribution in [0.25, 0.3) is 0 Å². The monoisotopic (exact) mass is 501 g/mol. The summed E-state index contributed by atoms with van der Waals surface area (Å²) in [5.41, 5.74) is 6.03. The second-order valence-electron chi connectivity index (χ2n) is 11.8. The average molecular weight is 502 g/mol. The minimum absolute atomic E-state index is 0.0938. The first-order valence-corrected chi connectivity index (χ1v) is 14.1. The molecular formula is C31H39N3O3. The van der Waals surface area contributed by atoms with E-state index in [4.69, 9.17) is 0 Å². The largest absolute Gasteiger partial charge is 0.390 e. The average Bonchev–Trinajstić information content (AvgIpc) is 3.05. The molecule has 1 saturated carbocycles. The van der Waals surface area contributed by atoms with Gasteiger partial charge in [0, 0.05) is 57.8 Å². The van der Waals surface area contributed by atoms with Crippen LogP contribution in [0.3, 0.4) is 0 Å². The normalized spacial score (nSPS) is 24.6. The van der Waals surface area contributed by atoms with Crippen LogP contribution < -0.4 is 0 Å². The van der Waals surface area contributed by atoms with Crippen LogP contribution in [0.5, 0.6) is 0 Å². The lowest BCUT2D eigenvalue weighted by atomic mass is 9.75. The van der Waals surface area contributed by atoms with Crippen molar-refractivity contribution in [3.05, 3.63) is 70.3 Å². The Hall–Kier alpha value is -2.70. The van der Waals surface area contributed by atoms with Crippen molar-refractivity contribution in [2.45, 2.75) is 70.1 Å². The quantitative estimate of drug-likeness (QED) is 0.657. The maximum Gasteiger partial charge on any atom is 0.254 e. The lowest BCUT2D eigenvalue weighted by Crippen LogP contribution is -2.49. The number of aliphatic hydroxyl groups excluding tert-OH is 1. The van der Waals surface area contributed by atoms with E-state index < -0.39 is 6.10 Å². The predicted octanol–water partition coefficient (Wildman–Crippen LogP) is 3.61. The molecule has 0 radical (unpaired) electrons. The number of aliphatic hydroxyl groups is 1. The van der Waals surface area contributed by atoms with Crippen molar-refractivity contribution >= 4 is 11.8 Å². The third-order valence-corrected chi connectivity index (χ3v) is 9.27. The first-order valence-electron chi connectivity index (χ1n) is 14.1. The van der Waals surface area contributed by atoms with E-state index in [1.165, 1.54) is 22.3 Å².